The van der Waals surface area contributed by atoms with Gasteiger partial charge in [-0.2, -0.15) is 0 Å². The Morgan fingerprint density at radius 3 is 2.77 bits per heavy atom. The quantitative estimate of drug-likeness (QED) is 0.747. The molecule has 1 N–H and O–H groups in total. The van der Waals surface area contributed by atoms with E-state index < -0.39 is 0 Å². The van der Waals surface area contributed by atoms with E-state index in [0.717, 1.165) is 36.8 Å². The molecule has 6 heteroatoms. The van der Waals surface area contributed by atoms with E-state index in [1.54, 1.807) is 20.3 Å². The van der Waals surface area contributed by atoms with Crippen molar-refractivity contribution in [3.8, 4) is 11.5 Å². The maximum atomic E-state index is 13.1. The van der Waals surface area contributed by atoms with Crippen LogP contribution < -0.4 is 24.6 Å². The summed E-state index contributed by atoms with van der Waals surface area (Å²) in [5.74, 6) is 1.64. The van der Waals surface area contributed by atoms with Gasteiger partial charge in [0.25, 0.3) is 0 Å². The second-order valence-electron chi connectivity index (χ2n) is 7.72. The van der Waals surface area contributed by atoms with Crippen molar-refractivity contribution in [1.29, 1.82) is 0 Å². The van der Waals surface area contributed by atoms with Gasteiger partial charge in [0.15, 0.2) is 0 Å². The molecular formula is C24H29N3O3. The zero-order valence-corrected chi connectivity index (χ0v) is 17.6. The Labute approximate surface area is 178 Å². The topological polar surface area (TPSA) is 54.0 Å². The molecule has 0 unspecified atom stereocenters. The van der Waals surface area contributed by atoms with Crippen LogP contribution in [0.2, 0.25) is 0 Å². The number of rotatable bonds is 6. The third-order valence-corrected chi connectivity index (χ3v) is 6.11. The van der Waals surface area contributed by atoms with Crippen molar-refractivity contribution in [3.63, 3.8) is 0 Å². The number of carbonyl (C=O) groups is 1. The van der Waals surface area contributed by atoms with E-state index in [-0.39, 0.29) is 17.9 Å². The standard InChI is InChI=1S/C24H29N3O3/c1-4-11-25-24(28)19-14-17-9-10-18(29-2)15-21(17)27-13-12-26(16-22(19)27)20-7-5-6-8-23(20)30-3/h4-10,15,19,22H,1,11-14,16H2,2-3H3,(H,25,28)/t19-,22-/m1/s1. The zero-order chi connectivity index (χ0) is 21.1. The number of hydrogen-bond acceptors (Lipinski definition) is 5. The molecule has 2 atom stereocenters. The minimum Gasteiger partial charge on any atom is -0.497 e. The summed E-state index contributed by atoms with van der Waals surface area (Å²) >= 11 is 0. The van der Waals surface area contributed by atoms with Crippen LogP contribution in [0.1, 0.15) is 5.56 Å². The van der Waals surface area contributed by atoms with Crippen molar-refractivity contribution < 1.29 is 14.3 Å². The number of fused-ring (bicyclic) bond motifs is 3. The van der Waals surface area contributed by atoms with Gasteiger partial charge in [-0.25, -0.2) is 0 Å². The molecule has 1 fully saturated rings. The van der Waals surface area contributed by atoms with Gasteiger partial charge in [-0.05, 0) is 30.2 Å². The highest BCUT2D eigenvalue weighted by molar-refractivity contribution is 5.82. The number of ether oxygens (including phenoxy) is 2. The molecule has 0 aromatic heterocycles. The first-order valence-corrected chi connectivity index (χ1v) is 10.4. The molecule has 0 spiro atoms. The number of anilines is 2. The number of carbonyl (C=O) groups excluding carboxylic acids is 1. The van der Waals surface area contributed by atoms with Crippen LogP contribution in [0.25, 0.3) is 0 Å². The number of nitrogens with one attached hydrogen (secondary N) is 1. The monoisotopic (exact) mass is 407 g/mol. The van der Waals surface area contributed by atoms with Gasteiger partial charge in [0.05, 0.1) is 31.9 Å². The molecule has 0 bridgehead atoms. The van der Waals surface area contributed by atoms with E-state index in [1.807, 2.05) is 24.3 Å². The van der Waals surface area contributed by atoms with E-state index in [1.165, 1.54) is 11.3 Å². The molecule has 0 saturated carbocycles. The molecule has 2 aliphatic rings. The fourth-order valence-electron chi connectivity index (χ4n) is 4.62. The summed E-state index contributed by atoms with van der Waals surface area (Å²) < 4.78 is 11.1. The SMILES string of the molecule is C=CCNC(=O)[C@@H]1Cc2ccc(OC)cc2N2CCN(c3ccccc3OC)C[C@H]12. The van der Waals surface area contributed by atoms with Crippen LogP contribution in [0, 0.1) is 5.92 Å². The summed E-state index contributed by atoms with van der Waals surface area (Å²) in [6, 6.07) is 14.3. The van der Waals surface area contributed by atoms with Gasteiger partial charge in [-0.15, -0.1) is 6.58 Å². The molecule has 2 aromatic carbocycles. The minimum absolute atomic E-state index is 0.0630. The predicted molar refractivity (Wildman–Crippen MR) is 120 cm³/mol. The van der Waals surface area contributed by atoms with Crippen molar-refractivity contribution in [2.45, 2.75) is 12.5 Å². The lowest BCUT2D eigenvalue weighted by atomic mass is 9.83. The highest BCUT2D eigenvalue weighted by atomic mass is 16.5. The van der Waals surface area contributed by atoms with E-state index in [2.05, 4.69) is 39.9 Å². The third kappa shape index (κ3) is 3.70. The first-order chi connectivity index (χ1) is 14.7. The predicted octanol–water partition coefficient (Wildman–Crippen LogP) is 2.87. The fourth-order valence-corrected chi connectivity index (χ4v) is 4.62. The van der Waals surface area contributed by atoms with Gasteiger partial charge in [-0.3, -0.25) is 4.79 Å². The first kappa shape index (κ1) is 20.1. The Balaban J connectivity index is 1.68. The van der Waals surface area contributed by atoms with Crippen LogP contribution in [0.4, 0.5) is 11.4 Å². The lowest BCUT2D eigenvalue weighted by Gasteiger charge is -2.49. The van der Waals surface area contributed by atoms with Crippen LogP contribution in [0.5, 0.6) is 11.5 Å². The molecule has 30 heavy (non-hydrogen) atoms. The normalized spacial score (nSPS) is 20.1. The van der Waals surface area contributed by atoms with Gasteiger partial charge < -0.3 is 24.6 Å². The molecule has 1 saturated heterocycles. The molecule has 1 amide bonds. The highest BCUT2D eigenvalue weighted by Gasteiger charge is 2.42. The third-order valence-electron chi connectivity index (χ3n) is 6.11. The summed E-state index contributed by atoms with van der Waals surface area (Å²) in [7, 11) is 3.39. The Bertz CT molecular complexity index is 930. The number of benzene rings is 2. The molecule has 2 heterocycles. The van der Waals surface area contributed by atoms with Gasteiger partial charge in [-0.1, -0.05) is 24.3 Å². The van der Waals surface area contributed by atoms with Crippen LogP contribution in [-0.2, 0) is 11.2 Å². The van der Waals surface area contributed by atoms with Crippen molar-refractivity contribution in [1.82, 2.24) is 5.32 Å². The molecule has 2 aromatic rings. The molecule has 0 radical (unpaired) electrons. The Morgan fingerprint density at radius 1 is 1.17 bits per heavy atom. The summed E-state index contributed by atoms with van der Waals surface area (Å²) in [4.78, 5) is 17.8. The number of para-hydroxylation sites is 2. The fraction of sp³-hybridized carbons (Fsp3) is 0.375. The van der Waals surface area contributed by atoms with Gasteiger partial charge in [0.1, 0.15) is 11.5 Å². The highest BCUT2D eigenvalue weighted by Crippen LogP contribution is 2.40. The summed E-state index contributed by atoms with van der Waals surface area (Å²) in [6.07, 6.45) is 2.43. The Kier molecular flexibility index (Phi) is 5.84. The van der Waals surface area contributed by atoms with Crippen LogP contribution in [0.3, 0.4) is 0 Å². The number of amides is 1. The maximum Gasteiger partial charge on any atom is 0.225 e. The molecular weight excluding hydrogens is 378 g/mol. The molecule has 4 rings (SSSR count). The molecule has 158 valence electrons. The smallest absolute Gasteiger partial charge is 0.225 e. The van der Waals surface area contributed by atoms with Crippen molar-refractivity contribution in [3.05, 3.63) is 60.7 Å². The van der Waals surface area contributed by atoms with Crippen LogP contribution >= 0.6 is 0 Å². The Morgan fingerprint density at radius 2 is 2.00 bits per heavy atom. The second kappa shape index (κ2) is 8.69. The maximum absolute atomic E-state index is 13.1. The van der Waals surface area contributed by atoms with E-state index in [0.29, 0.717) is 13.0 Å². The van der Waals surface area contributed by atoms with E-state index in [4.69, 9.17) is 9.47 Å². The number of piperazine rings is 1. The molecule has 6 nitrogen and oxygen atoms in total. The largest absolute Gasteiger partial charge is 0.497 e. The summed E-state index contributed by atoms with van der Waals surface area (Å²) in [5.41, 5.74) is 3.43. The van der Waals surface area contributed by atoms with Crippen molar-refractivity contribution in [2.24, 2.45) is 5.92 Å². The average Bonchev–Trinajstić information content (AvgIpc) is 2.81. The Hall–Kier alpha value is -3.15. The molecule has 2 aliphatic heterocycles. The summed E-state index contributed by atoms with van der Waals surface area (Å²) in [6.45, 7) is 6.64. The van der Waals surface area contributed by atoms with Gasteiger partial charge in [0, 0.05) is 37.9 Å². The van der Waals surface area contributed by atoms with Gasteiger partial charge in [0.2, 0.25) is 5.91 Å². The van der Waals surface area contributed by atoms with Gasteiger partial charge >= 0.3 is 0 Å². The summed E-state index contributed by atoms with van der Waals surface area (Å²) in [5, 5.41) is 3.01. The second-order valence-corrected chi connectivity index (χ2v) is 7.72. The van der Waals surface area contributed by atoms with Crippen LogP contribution in [0.15, 0.2) is 55.1 Å². The lowest BCUT2D eigenvalue weighted by Crippen LogP contribution is -2.61. The average molecular weight is 408 g/mol. The zero-order valence-electron chi connectivity index (χ0n) is 17.6. The van der Waals surface area contributed by atoms with Crippen molar-refractivity contribution in [2.75, 3.05) is 50.2 Å². The number of hydrogen-bond donors (Lipinski definition) is 1. The first-order valence-electron chi connectivity index (χ1n) is 10.4. The minimum atomic E-state index is -0.136. The van der Waals surface area contributed by atoms with E-state index >= 15 is 0 Å². The van der Waals surface area contributed by atoms with Crippen molar-refractivity contribution >= 4 is 17.3 Å². The number of nitrogens with zero attached hydrogens (tertiary/aromatic N) is 2. The van der Waals surface area contributed by atoms with Crippen LogP contribution in [-0.4, -0.2) is 52.3 Å². The molecule has 0 aliphatic carbocycles. The lowest BCUT2D eigenvalue weighted by molar-refractivity contribution is -0.125. The van der Waals surface area contributed by atoms with E-state index in [9.17, 15) is 4.79 Å². The number of methoxy groups -OCH3 is 2.